The monoisotopic (exact) mass is 356 g/mol. The molecule has 2 heterocycles. The van der Waals surface area contributed by atoms with Gasteiger partial charge in [-0.25, -0.2) is 0 Å². The van der Waals surface area contributed by atoms with Gasteiger partial charge in [0, 0.05) is 24.5 Å². The molecule has 0 unspecified atom stereocenters. The summed E-state index contributed by atoms with van der Waals surface area (Å²) >= 11 is 1.65. The highest BCUT2D eigenvalue weighted by Gasteiger charge is 2.26. The van der Waals surface area contributed by atoms with Gasteiger partial charge in [0.25, 0.3) is 0 Å². The first-order valence-electron chi connectivity index (χ1n) is 8.56. The van der Waals surface area contributed by atoms with Crippen LogP contribution in [0.25, 0.3) is 6.08 Å². The number of hydrogen-bond donors (Lipinski definition) is 0. The molecule has 1 aliphatic rings. The molecular weight excluding hydrogens is 332 g/mol. The number of amides is 1. The molecule has 4 nitrogen and oxygen atoms in total. The molecule has 2 aromatic rings. The molecule has 1 aromatic heterocycles. The van der Waals surface area contributed by atoms with Gasteiger partial charge in [0.1, 0.15) is 11.9 Å². The minimum absolute atomic E-state index is 0.00157. The topological polar surface area (TPSA) is 32.8 Å². The van der Waals surface area contributed by atoms with E-state index in [1.54, 1.807) is 22.3 Å². The Bertz CT molecular complexity index is 769. The number of nitrogens with zero attached hydrogens (tertiary/aromatic N) is 2. The van der Waals surface area contributed by atoms with Crippen molar-refractivity contribution in [2.45, 2.75) is 20.0 Å². The van der Waals surface area contributed by atoms with E-state index in [9.17, 15) is 4.79 Å². The molecule has 1 amide bonds. The third kappa shape index (κ3) is 4.04. The molecule has 1 aliphatic heterocycles. The highest BCUT2D eigenvalue weighted by molar-refractivity contribution is 7.11. The maximum Gasteiger partial charge on any atom is 0.246 e. The quantitative estimate of drug-likeness (QED) is 0.764. The molecular formula is C20H24N2O2S. The fourth-order valence-corrected chi connectivity index (χ4v) is 3.82. The third-order valence-corrected chi connectivity index (χ3v) is 5.42. The van der Waals surface area contributed by atoms with Crippen LogP contribution in [0.15, 0.2) is 41.8 Å². The Morgan fingerprint density at radius 3 is 2.92 bits per heavy atom. The molecule has 0 fully saturated rings. The molecule has 1 aromatic carbocycles. The summed E-state index contributed by atoms with van der Waals surface area (Å²) in [5, 5.41) is 2.04. The fourth-order valence-electron chi connectivity index (χ4n) is 3.00. The molecule has 5 heteroatoms. The van der Waals surface area contributed by atoms with E-state index in [1.807, 2.05) is 36.7 Å². The highest BCUT2D eigenvalue weighted by atomic mass is 32.1. The van der Waals surface area contributed by atoms with E-state index in [4.69, 9.17) is 4.74 Å². The van der Waals surface area contributed by atoms with Crippen LogP contribution in [0.3, 0.4) is 0 Å². The molecule has 0 aliphatic carbocycles. The summed E-state index contributed by atoms with van der Waals surface area (Å²) in [6.07, 6.45) is 3.52. The van der Waals surface area contributed by atoms with Crippen LogP contribution in [-0.2, 0) is 4.79 Å². The summed E-state index contributed by atoms with van der Waals surface area (Å²) in [5.41, 5.74) is 2.32. The normalized spacial score (nSPS) is 16.6. The van der Waals surface area contributed by atoms with Crippen LogP contribution in [-0.4, -0.2) is 43.6 Å². The smallest absolute Gasteiger partial charge is 0.246 e. The molecule has 3 rings (SSSR count). The van der Waals surface area contributed by atoms with Crippen LogP contribution in [0, 0.1) is 6.92 Å². The van der Waals surface area contributed by atoms with E-state index in [0.717, 1.165) is 29.4 Å². The van der Waals surface area contributed by atoms with Gasteiger partial charge in [0.05, 0.1) is 18.8 Å². The second kappa shape index (κ2) is 7.74. The standard InChI is InChI=1S/C20H24N2O2S/c1-4-22-14-16(24-18-8-6-5-7-17(18)22)13-21(3)20(23)10-9-19-15(2)11-12-25-19/h5-12,16H,4,13-14H2,1-3H3/b10-9+/t16-/m1/s1. The average molecular weight is 356 g/mol. The van der Waals surface area contributed by atoms with Gasteiger partial charge in [0.15, 0.2) is 0 Å². The Morgan fingerprint density at radius 2 is 2.20 bits per heavy atom. The molecule has 0 spiro atoms. The molecule has 132 valence electrons. The predicted molar refractivity (Wildman–Crippen MR) is 104 cm³/mol. The Kier molecular flexibility index (Phi) is 5.43. The van der Waals surface area contributed by atoms with E-state index >= 15 is 0 Å². The zero-order valence-corrected chi connectivity index (χ0v) is 15.8. The lowest BCUT2D eigenvalue weighted by Gasteiger charge is -2.37. The van der Waals surface area contributed by atoms with E-state index < -0.39 is 0 Å². The van der Waals surface area contributed by atoms with Gasteiger partial charge in [0.2, 0.25) is 5.91 Å². The van der Waals surface area contributed by atoms with Crippen molar-refractivity contribution in [1.29, 1.82) is 0 Å². The molecule has 25 heavy (non-hydrogen) atoms. The van der Waals surface area contributed by atoms with Crippen LogP contribution in [0.5, 0.6) is 5.75 Å². The van der Waals surface area contributed by atoms with Crippen molar-refractivity contribution in [3.63, 3.8) is 0 Å². The van der Waals surface area contributed by atoms with E-state index in [-0.39, 0.29) is 12.0 Å². The van der Waals surface area contributed by atoms with E-state index in [0.29, 0.717) is 6.54 Å². The lowest BCUT2D eigenvalue weighted by atomic mass is 10.2. The summed E-state index contributed by atoms with van der Waals surface area (Å²) < 4.78 is 6.10. The summed E-state index contributed by atoms with van der Waals surface area (Å²) in [6.45, 7) is 6.47. The number of para-hydroxylation sites is 2. The second-order valence-corrected chi connectivity index (χ2v) is 7.21. The van der Waals surface area contributed by atoms with Crippen LogP contribution < -0.4 is 9.64 Å². The Labute approximate surface area is 153 Å². The van der Waals surface area contributed by atoms with Gasteiger partial charge in [-0.05, 0) is 49.1 Å². The zero-order valence-electron chi connectivity index (χ0n) is 14.9. The Balaban J connectivity index is 1.63. The molecule has 0 saturated carbocycles. The van der Waals surface area contributed by atoms with Crippen LogP contribution >= 0.6 is 11.3 Å². The van der Waals surface area contributed by atoms with Gasteiger partial charge >= 0.3 is 0 Å². The van der Waals surface area contributed by atoms with Crippen molar-refractivity contribution in [3.8, 4) is 5.75 Å². The van der Waals surface area contributed by atoms with Crippen molar-refractivity contribution in [2.75, 3.05) is 31.6 Å². The van der Waals surface area contributed by atoms with Crippen LogP contribution in [0.1, 0.15) is 17.4 Å². The maximum atomic E-state index is 12.4. The number of ether oxygens (including phenoxy) is 1. The first-order valence-corrected chi connectivity index (χ1v) is 9.44. The first kappa shape index (κ1) is 17.5. The Hall–Kier alpha value is -2.27. The number of carbonyl (C=O) groups excluding carboxylic acids is 1. The van der Waals surface area contributed by atoms with E-state index in [1.165, 1.54) is 5.56 Å². The van der Waals surface area contributed by atoms with Gasteiger partial charge < -0.3 is 14.5 Å². The van der Waals surface area contributed by atoms with Gasteiger partial charge in [-0.15, -0.1) is 11.3 Å². The lowest BCUT2D eigenvalue weighted by molar-refractivity contribution is -0.125. The third-order valence-electron chi connectivity index (χ3n) is 4.44. The van der Waals surface area contributed by atoms with Gasteiger partial charge in [-0.3, -0.25) is 4.79 Å². The minimum Gasteiger partial charge on any atom is -0.485 e. The SMILES string of the molecule is CCN1C[C@@H](CN(C)C(=O)/C=C/c2sccc2C)Oc2ccccc21. The summed E-state index contributed by atoms with van der Waals surface area (Å²) in [4.78, 5) is 17.5. The fraction of sp³-hybridized carbons (Fsp3) is 0.350. The van der Waals surface area contributed by atoms with Crippen molar-refractivity contribution in [3.05, 3.63) is 52.2 Å². The number of fused-ring (bicyclic) bond motifs is 1. The molecule has 0 saturated heterocycles. The number of carbonyl (C=O) groups is 1. The number of thiophene rings is 1. The molecule has 1 atom stereocenters. The number of aryl methyl sites for hydroxylation is 1. The Morgan fingerprint density at radius 1 is 1.40 bits per heavy atom. The molecule has 0 radical (unpaired) electrons. The summed E-state index contributed by atoms with van der Waals surface area (Å²) in [6, 6.07) is 10.1. The zero-order chi connectivity index (χ0) is 17.8. The van der Waals surface area contributed by atoms with E-state index in [2.05, 4.69) is 30.9 Å². The van der Waals surface area contributed by atoms with Crippen molar-refractivity contribution < 1.29 is 9.53 Å². The minimum atomic E-state index is -0.0272. The maximum absolute atomic E-state index is 12.4. The van der Waals surface area contributed by atoms with Crippen molar-refractivity contribution >= 4 is 29.0 Å². The molecule has 0 N–H and O–H groups in total. The number of likely N-dealkylation sites (N-methyl/N-ethyl adjacent to an activating group) is 2. The van der Waals surface area contributed by atoms with Crippen LogP contribution in [0.2, 0.25) is 0 Å². The molecule has 0 bridgehead atoms. The number of anilines is 1. The number of rotatable bonds is 5. The largest absolute Gasteiger partial charge is 0.485 e. The summed E-state index contributed by atoms with van der Waals surface area (Å²) in [7, 11) is 1.83. The second-order valence-electron chi connectivity index (χ2n) is 6.27. The first-order chi connectivity index (χ1) is 12.1. The van der Waals surface area contributed by atoms with Crippen molar-refractivity contribution in [1.82, 2.24) is 4.90 Å². The van der Waals surface area contributed by atoms with Gasteiger partial charge in [-0.1, -0.05) is 12.1 Å². The highest BCUT2D eigenvalue weighted by Crippen LogP contribution is 2.32. The van der Waals surface area contributed by atoms with Crippen molar-refractivity contribution in [2.24, 2.45) is 0 Å². The number of hydrogen-bond acceptors (Lipinski definition) is 4. The average Bonchev–Trinajstić information content (AvgIpc) is 3.03. The van der Waals surface area contributed by atoms with Crippen LogP contribution in [0.4, 0.5) is 5.69 Å². The summed E-state index contributed by atoms with van der Waals surface area (Å²) in [5.74, 6) is 0.893. The van der Waals surface area contributed by atoms with Gasteiger partial charge in [-0.2, -0.15) is 0 Å². The predicted octanol–water partition coefficient (Wildman–Crippen LogP) is 3.82. The number of benzene rings is 1. The lowest BCUT2D eigenvalue weighted by Crippen LogP contribution is -2.46.